The summed E-state index contributed by atoms with van der Waals surface area (Å²) in [7, 11) is 0. The number of halogens is 5. The minimum Gasteiger partial charge on any atom is -0.258 e. The van der Waals surface area contributed by atoms with E-state index in [2.05, 4.69) is 5.10 Å². The number of alkyl halides is 3. The fourth-order valence-electron chi connectivity index (χ4n) is 1.65. The van der Waals surface area contributed by atoms with Crippen LogP contribution in [-0.2, 0) is 12.7 Å². The molecule has 1 aromatic carbocycles. The predicted molar refractivity (Wildman–Crippen MR) is 64.4 cm³/mol. The lowest BCUT2D eigenvalue weighted by Crippen LogP contribution is -2.10. The summed E-state index contributed by atoms with van der Waals surface area (Å²) in [5, 5.41) is 13.1. The molecule has 2 aromatic rings. The van der Waals surface area contributed by atoms with Gasteiger partial charge in [-0.3, -0.25) is 10.1 Å². The Morgan fingerprint density at radius 3 is 2.29 bits per heavy atom. The smallest absolute Gasteiger partial charge is 0.258 e. The van der Waals surface area contributed by atoms with Gasteiger partial charge >= 0.3 is 11.9 Å². The highest BCUT2D eigenvalue weighted by Crippen LogP contribution is 2.39. The van der Waals surface area contributed by atoms with Crippen LogP contribution >= 0.6 is 11.6 Å². The van der Waals surface area contributed by atoms with Crippen LogP contribution in [0, 0.1) is 15.9 Å². The van der Waals surface area contributed by atoms with Crippen molar-refractivity contribution in [1.82, 2.24) is 9.78 Å². The molecule has 0 N–H and O–H groups in total. The van der Waals surface area contributed by atoms with Crippen molar-refractivity contribution in [2.45, 2.75) is 12.7 Å². The third-order valence-corrected chi connectivity index (χ3v) is 2.94. The molecular formula is C11H6ClF4N3O2. The van der Waals surface area contributed by atoms with E-state index in [0.29, 0.717) is 10.2 Å². The monoisotopic (exact) mass is 323 g/mol. The quantitative estimate of drug-likeness (QED) is 0.492. The molecule has 1 heterocycles. The van der Waals surface area contributed by atoms with E-state index in [1.54, 1.807) is 0 Å². The number of aromatic nitrogens is 2. The van der Waals surface area contributed by atoms with Crippen molar-refractivity contribution >= 4 is 17.3 Å². The Morgan fingerprint density at radius 1 is 1.29 bits per heavy atom. The zero-order valence-corrected chi connectivity index (χ0v) is 10.8. The summed E-state index contributed by atoms with van der Waals surface area (Å²) in [5.41, 5.74) is -2.57. The van der Waals surface area contributed by atoms with E-state index in [4.69, 9.17) is 11.6 Å². The van der Waals surface area contributed by atoms with Gasteiger partial charge in [-0.15, -0.1) is 0 Å². The van der Waals surface area contributed by atoms with E-state index < -0.39 is 33.5 Å². The Bertz CT molecular complexity index is 682. The highest BCUT2D eigenvalue weighted by Gasteiger charge is 2.44. The first-order valence-corrected chi connectivity index (χ1v) is 5.80. The molecule has 2 rings (SSSR count). The second-order valence-electron chi connectivity index (χ2n) is 4.03. The molecule has 0 atom stereocenters. The molecule has 0 aliphatic heterocycles. The standard InChI is InChI=1S/C11H6ClF4N3O2/c12-10-8(19(20)21)9(11(14,15)16)17-18(10)5-6-1-3-7(13)4-2-6/h1-4H,5H2. The maximum Gasteiger partial charge on any atom is 0.442 e. The fourth-order valence-corrected chi connectivity index (χ4v) is 1.91. The highest BCUT2D eigenvalue weighted by atomic mass is 35.5. The Kier molecular flexibility index (Phi) is 3.86. The molecule has 0 fully saturated rings. The van der Waals surface area contributed by atoms with E-state index >= 15 is 0 Å². The first-order valence-electron chi connectivity index (χ1n) is 5.42. The molecule has 0 bridgehead atoms. The van der Waals surface area contributed by atoms with Crippen LogP contribution in [0.3, 0.4) is 0 Å². The van der Waals surface area contributed by atoms with Crippen molar-refractivity contribution in [3.63, 3.8) is 0 Å². The summed E-state index contributed by atoms with van der Waals surface area (Å²) >= 11 is 5.60. The lowest BCUT2D eigenvalue weighted by molar-refractivity contribution is -0.388. The molecule has 0 amide bonds. The third-order valence-electron chi connectivity index (χ3n) is 2.56. The van der Waals surface area contributed by atoms with Crippen LogP contribution in [0.5, 0.6) is 0 Å². The van der Waals surface area contributed by atoms with Gasteiger partial charge < -0.3 is 0 Å². The summed E-state index contributed by atoms with van der Waals surface area (Å²) in [6, 6.07) is 4.83. The molecule has 112 valence electrons. The molecule has 0 aliphatic carbocycles. The van der Waals surface area contributed by atoms with Crippen molar-refractivity contribution in [3.05, 3.63) is 56.6 Å². The number of nitrogens with zero attached hydrogens (tertiary/aromatic N) is 3. The summed E-state index contributed by atoms with van der Waals surface area (Å²) in [6.07, 6.45) is -5.00. The molecular weight excluding hydrogens is 318 g/mol. The maximum atomic E-state index is 12.7. The maximum absolute atomic E-state index is 12.7. The molecule has 10 heteroatoms. The van der Waals surface area contributed by atoms with E-state index in [9.17, 15) is 27.7 Å². The van der Waals surface area contributed by atoms with Crippen LogP contribution < -0.4 is 0 Å². The largest absolute Gasteiger partial charge is 0.442 e. The first kappa shape index (κ1) is 15.2. The van der Waals surface area contributed by atoms with Gasteiger partial charge in [-0.25, -0.2) is 9.07 Å². The van der Waals surface area contributed by atoms with Crippen LogP contribution in [-0.4, -0.2) is 14.7 Å². The minimum absolute atomic E-state index is 0.254. The molecule has 0 unspecified atom stereocenters. The van der Waals surface area contributed by atoms with Crippen LogP contribution in [0.4, 0.5) is 23.2 Å². The van der Waals surface area contributed by atoms with Crippen molar-refractivity contribution in [3.8, 4) is 0 Å². The normalized spacial score (nSPS) is 11.7. The summed E-state index contributed by atoms with van der Waals surface area (Å²) in [5.74, 6) is -0.521. The van der Waals surface area contributed by atoms with Gasteiger partial charge in [0.05, 0.1) is 11.5 Å². The van der Waals surface area contributed by atoms with Gasteiger partial charge in [-0.05, 0) is 17.7 Å². The fraction of sp³-hybridized carbons (Fsp3) is 0.182. The van der Waals surface area contributed by atoms with Gasteiger partial charge in [-0.1, -0.05) is 23.7 Å². The molecule has 0 radical (unpaired) electrons. The summed E-state index contributed by atoms with van der Waals surface area (Å²) in [4.78, 5) is 9.48. The molecule has 0 aliphatic rings. The Labute approximate surface area is 119 Å². The summed E-state index contributed by atoms with van der Waals surface area (Å²) in [6.45, 7) is -0.254. The van der Waals surface area contributed by atoms with Crippen molar-refractivity contribution in [2.75, 3.05) is 0 Å². The van der Waals surface area contributed by atoms with Crippen LogP contribution in [0.1, 0.15) is 11.3 Å². The average Bonchev–Trinajstić information content (AvgIpc) is 2.70. The van der Waals surface area contributed by atoms with Gasteiger partial charge in [0.15, 0.2) is 0 Å². The zero-order valence-electron chi connectivity index (χ0n) is 10.1. The highest BCUT2D eigenvalue weighted by molar-refractivity contribution is 6.31. The first-order chi connectivity index (χ1) is 9.70. The van der Waals surface area contributed by atoms with Crippen molar-refractivity contribution in [2.24, 2.45) is 0 Å². The molecule has 1 aromatic heterocycles. The minimum atomic E-state index is -5.00. The van der Waals surface area contributed by atoms with Gasteiger partial charge in [0.2, 0.25) is 10.8 Å². The molecule has 21 heavy (non-hydrogen) atoms. The molecule has 5 nitrogen and oxygen atoms in total. The van der Waals surface area contributed by atoms with E-state index in [-0.39, 0.29) is 6.54 Å². The Morgan fingerprint density at radius 2 is 1.86 bits per heavy atom. The topological polar surface area (TPSA) is 61.0 Å². The van der Waals surface area contributed by atoms with E-state index in [1.165, 1.54) is 12.1 Å². The number of hydrogen-bond donors (Lipinski definition) is 0. The van der Waals surface area contributed by atoms with Gasteiger partial charge in [0.25, 0.3) is 0 Å². The van der Waals surface area contributed by atoms with Crippen molar-refractivity contribution < 1.29 is 22.5 Å². The lowest BCUT2D eigenvalue weighted by Gasteiger charge is -2.03. The van der Waals surface area contributed by atoms with Crippen LogP contribution in [0.15, 0.2) is 24.3 Å². The Balaban J connectivity index is 2.45. The zero-order chi connectivity index (χ0) is 15.8. The van der Waals surface area contributed by atoms with Crippen LogP contribution in [0.25, 0.3) is 0 Å². The number of benzene rings is 1. The van der Waals surface area contributed by atoms with Gasteiger partial charge in [0.1, 0.15) is 5.82 Å². The average molecular weight is 324 g/mol. The third kappa shape index (κ3) is 3.13. The number of rotatable bonds is 3. The predicted octanol–water partition coefficient (Wildman–Crippen LogP) is 3.65. The molecule has 0 saturated carbocycles. The SMILES string of the molecule is O=[N+]([O-])c1c(C(F)(F)F)nn(Cc2ccc(F)cc2)c1Cl. The van der Waals surface area contributed by atoms with E-state index in [0.717, 1.165) is 12.1 Å². The number of nitro groups is 1. The van der Waals surface area contributed by atoms with Crippen molar-refractivity contribution in [1.29, 1.82) is 0 Å². The molecule has 0 spiro atoms. The van der Waals surface area contributed by atoms with Crippen LogP contribution in [0.2, 0.25) is 5.15 Å². The molecule has 0 saturated heterocycles. The van der Waals surface area contributed by atoms with E-state index in [1.807, 2.05) is 0 Å². The second-order valence-corrected chi connectivity index (χ2v) is 4.39. The van der Waals surface area contributed by atoms with Gasteiger partial charge in [-0.2, -0.15) is 18.3 Å². The second kappa shape index (κ2) is 5.32. The number of hydrogen-bond acceptors (Lipinski definition) is 3. The lowest BCUT2D eigenvalue weighted by atomic mass is 10.2. The van der Waals surface area contributed by atoms with Gasteiger partial charge in [0, 0.05) is 0 Å². The summed E-state index contributed by atoms with van der Waals surface area (Å²) < 4.78 is 51.5. The Hall–Kier alpha value is -2.16.